The summed E-state index contributed by atoms with van der Waals surface area (Å²) in [7, 11) is 0. The zero-order valence-electron chi connectivity index (χ0n) is 10.9. The van der Waals surface area contributed by atoms with Crippen molar-refractivity contribution in [1.82, 2.24) is 5.32 Å². The largest absolute Gasteiger partial charge is 0.479 e. The van der Waals surface area contributed by atoms with Gasteiger partial charge in [0, 0.05) is 22.7 Å². The second-order valence-electron chi connectivity index (χ2n) is 4.11. The van der Waals surface area contributed by atoms with E-state index in [1.54, 1.807) is 24.3 Å². The standard InChI is InChI=1S/C14H18ClNO2/c1-4-18-14(16-10(2)3)9-13(17)11-5-7-12(15)8-6-11/h5-10,16H,4H2,1-3H3/b14-9+. The Hall–Kier alpha value is -1.48. The molecule has 1 aromatic rings. The van der Waals surface area contributed by atoms with Crippen molar-refractivity contribution in [3.63, 3.8) is 0 Å². The molecule has 0 aliphatic heterocycles. The number of halogens is 1. The Kier molecular flexibility index (Phi) is 5.72. The van der Waals surface area contributed by atoms with Gasteiger partial charge in [-0.3, -0.25) is 4.79 Å². The first-order valence-electron chi connectivity index (χ1n) is 5.94. The number of carbonyl (C=O) groups is 1. The topological polar surface area (TPSA) is 38.3 Å². The summed E-state index contributed by atoms with van der Waals surface area (Å²) < 4.78 is 5.37. The summed E-state index contributed by atoms with van der Waals surface area (Å²) in [6, 6.07) is 6.98. The van der Waals surface area contributed by atoms with Crippen molar-refractivity contribution in [2.75, 3.05) is 6.61 Å². The average Bonchev–Trinajstić information content (AvgIpc) is 2.29. The smallest absolute Gasteiger partial charge is 0.191 e. The number of ketones is 1. The molecule has 0 saturated heterocycles. The Bertz CT molecular complexity index is 424. The van der Waals surface area contributed by atoms with Gasteiger partial charge in [-0.25, -0.2) is 0 Å². The quantitative estimate of drug-likeness (QED) is 0.488. The van der Waals surface area contributed by atoms with Crippen molar-refractivity contribution in [3.8, 4) is 0 Å². The third-order valence-corrected chi connectivity index (χ3v) is 2.37. The van der Waals surface area contributed by atoms with Gasteiger partial charge in [-0.1, -0.05) is 11.6 Å². The summed E-state index contributed by atoms with van der Waals surface area (Å²) in [5.41, 5.74) is 0.585. The Morgan fingerprint density at radius 1 is 1.39 bits per heavy atom. The molecule has 0 aliphatic carbocycles. The first kappa shape index (κ1) is 14.6. The van der Waals surface area contributed by atoms with Crippen molar-refractivity contribution >= 4 is 17.4 Å². The summed E-state index contributed by atoms with van der Waals surface area (Å²) in [4.78, 5) is 12.0. The van der Waals surface area contributed by atoms with Crippen LogP contribution in [0.25, 0.3) is 0 Å². The van der Waals surface area contributed by atoms with Crippen LogP contribution in [0.15, 0.2) is 36.2 Å². The fraction of sp³-hybridized carbons (Fsp3) is 0.357. The highest BCUT2D eigenvalue weighted by Gasteiger charge is 2.07. The predicted octanol–water partition coefficient (Wildman–Crippen LogP) is 3.40. The Morgan fingerprint density at radius 2 is 2.00 bits per heavy atom. The Balaban J connectivity index is 2.83. The highest BCUT2D eigenvalue weighted by molar-refractivity contribution is 6.30. The Morgan fingerprint density at radius 3 is 2.50 bits per heavy atom. The third kappa shape index (κ3) is 4.80. The summed E-state index contributed by atoms with van der Waals surface area (Å²) >= 11 is 5.78. The van der Waals surface area contributed by atoms with Gasteiger partial charge in [-0.2, -0.15) is 0 Å². The summed E-state index contributed by atoms with van der Waals surface area (Å²) in [6.07, 6.45) is 1.47. The van der Waals surface area contributed by atoms with E-state index in [1.165, 1.54) is 6.08 Å². The molecule has 18 heavy (non-hydrogen) atoms. The van der Waals surface area contributed by atoms with Gasteiger partial charge in [0.1, 0.15) is 0 Å². The molecule has 4 heteroatoms. The van der Waals surface area contributed by atoms with Crippen LogP contribution in [0.2, 0.25) is 5.02 Å². The number of hydrogen-bond acceptors (Lipinski definition) is 3. The number of nitrogens with one attached hydrogen (secondary N) is 1. The lowest BCUT2D eigenvalue weighted by Gasteiger charge is -2.14. The molecule has 0 amide bonds. The van der Waals surface area contributed by atoms with E-state index >= 15 is 0 Å². The van der Waals surface area contributed by atoms with E-state index in [9.17, 15) is 4.79 Å². The van der Waals surface area contributed by atoms with Gasteiger partial charge < -0.3 is 10.1 Å². The summed E-state index contributed by atoms with van der Waals surface area (Å²) in [6.45, 7) is 6.36. The van der Waals surface area contributed by atoms with Gasteiger partial charge in [0.2, 0.25) is 0 Å². The van der Waals surface area contributed by atoms with Crippen LogP contribution in [0.1, 0.15) is 31.1 Å². The maximum Gasteiger partial charge on any atom is 0.191 e. The number of rotatable bonds is 6. The number of hydrogen-bond donors (Lipinski definition) is 1. The van der Waals surface area contributed by atoms with Crippen LogP contribution < -0.4 is 5.32 Å². The lowest BCUT2D eigenvalue weighted by atomic mass is 10.1. The van der Waals surface area contributed by atoms with E-state index < -0.39 is 0 Å². The first-order valence-corrected chi connectivity index (χ1v) is 6.31. The van der Waals surface area contributed by atoms with Crippen LogP contribution in [-0.4, -0.2) is 18.4 Å². The molecule has 98 valence electrons. The van der Waals surface area contributed by atoms with Crippen molar-refractivity contribution < 1.29 is 9.53 Å². The van der Waals surface area contributed by atoms with Crippen LogP contribution in [-0.2, 0) is 4.74 Å². The number of allylic oxidation sites excluding steroid dienone is 1. The molecule has 1 rings (SSSR count). The summed E-state index contributed by atoms with van der Waals surface area (Å²) in [5, 5.41) is 3.70. The number of ether oxygens (including phenoxy) is 1. The molecule has 3 nitrogen and oxygen atoms in total. The van der Waals surface area contributed by atoms with E-state index in [4.69, 9.17) is 16.3 Å². The highest BCUT2D eigenvalue weighted by atomic mass is 35.5. The maximum absolute atomic E-state index is 12.0. The highest BCUT2D eigenvalue weighted by Crippen LogP contribution is 2.11. The minimum absolute atomic E-state index is 0.108. The molecule has 0 radical (unpaired) electrons. The van der Waals surface area contributed by atoms with Crippen molar-refractivity contribution in [3.05, 3.63) is 46.8 Å². The zero-order chi connectivity index (χ0) is 13.5. The molecule has 0 saturated carbocycles. The second kappa shape index (κ2) is 7.07. The monoisotopic (exact) mass is 267 g/mol. The molecule has 1 aromatic carbocycles. The van der Waals surface area contributed by atoms with E-state index in [1.807, 2.05) is 20.8 Å². The molecular weight excluding hydrogens is 250 g/mol. The molecule has 0 atom stereocenters. The lowest BCUT2D eigenvalue weighted by Crippen LogP contribution is -2.24. The predicted molar refractivity (Wildman–Crippen MR) is 73.8 cm³/mol. The van der Waals surface area contributed by atoms with E-state index in [0.717, 1.165) is 0 Å². The van der Waals surface area contributed by atoms with E-state index in [-0.39, 0.29) is 11.8 Å². The average molecular weight is 268 g/mol. The lowest BCUT2D eigenvalue weighted by molar-refractivity contribution is 0.103. The van der Waals surface area contributed by atoms with E-state index in [0.29, 0.717) is 23.1 Å². The van der Waals surface area contributed by atoms with Crippen LogP contribution >= 0.6 is 11.6 Å². The van der Waals surface area contributed by atoms with Crippen LogP contribution in [0.5, 0.6) is 0 Å². The molecule has 0 bridgehead atoms. The van der Waals surface area contributed by atoms with Crippen LogP contribution in [0.4, 0.5) is 0 Å². The molecular formula is C14H18ClNO2. The van der Waals surface area contributed by atoms with Gasteiger partial charge in [-0.15, -0.1) is 0 Å². The maximum atomic E-state index is 12.0. The number of carbonyl (C=O) groups excluding carboxylic acids is 1. The molecule has 0 unspecified atom stereocenters. The van der Waals surface area contributed by atoms with E-state index in [2.05, 4.69) is 5.32 Å². The second-order valence-corrected chi connectivity index (χ2v) is 4.55. The van der Waals surface area contributed by atoms with Crippen LogP contribution in [0.3, 0.4) is 0 Å². The number of benzene rings is 1. The minimum atomic E-state index is -0.108. The molecule has 0 aliphatic rings. The molecule has 0 fully saturated rings. The van der Waals surface area contributed by atoms with Gasteiger partial charge in [-0.05, 0) is 45.0 Å². The third-order valence-electron chi connectivity index (χ3n) is 2.12. The van der Waals surface area contributed by atoms with Crippen molar-refractivity contribution in [2.24, 2.45) is 0 Å². The SMILES string of the molecule is CCO/C(=C/C(=O)c1ccc(Cl)cc1)NC(C)C. The van der Waals surface area contributed by atoms with Gasteiger partial charge in [0.05, 0.1) is 6.61 Å². The first-order chi connectivity index (χ1) is 8.52. The molecule has 1 N–H and O–H groups in total. The summed E-state index contributed by atoms with van der Waals surface area (Å²) in [5.74, 6) is 0.385. The fourth-order valence-electron chi connectivity index (χ4n) is 1.38. The normalized spacial score (nSPS) is 11.5. The van der Waals surface area contributed by atoms with Gasteiger partial charge in [0.25, 0.3) is 0 Å². The zero-order valence-corrected chi connectivity index (χ0v) is 11.6. The minimum Gasteiger partial charge on any atom is -0.479 e. The van der Waals surface area contributed by atoms with Crippen molar-refractivity contribution in [2.45, 2.75) is 26.8 Å². The molecule has 0 aromatic heterocycles. The molecule has 0 heterocycles. The van der Waals surface area contributed by atoms with Gasteiger partial charge >= 0.3 is 0 Å². The van der Waals surface area contributed by atoms with Crippen LogP contribution in [0, 0.1) is 0 Å². The van der Waals surface area contributed by atoms with Crippen molar-refractivity contribution in [1.29, 1.82) is 0 Å². The van der Waals surface area contributed by atoms with Gasteiger partial charge in [0.15, 0.2) is 11.7 Å². The Labute approximate surface area is 113 Å². The molecule has 0 spiro atoms. The fourth-order valence-corrected chi connectivity index (χ4v) is 1.51.